The van der Waals surface area contributed by atoms with Gasteiger partial charge in [0, 0.05) is 22.0 Å². The fraction of sp³-hybridized carbons (Fsp3) is 0.429. The van der Waals surface area contributed by atoms with Gasteiger partial charge in [0.15, 0.2) is 0 Å². The summed E-state index contributed by atoms with van der Waals surface area (Å²) in [5.74, 6) is 0. The van der Waals surface area contributed by atoms with Crippen molar-refractivity contribution >= 4 is 43.2 Å². The molecule has 0 amide bonds. The van der Waals surface area contributed by atoms with Crippen molar-refractivity contribution < 1.29 is 5.11 Å². The van der Waals surface area contributed by atoms with Crippen molar-refractivity contribution in [3.05, 3.63) is 19.2 Å². The summed E-state index contributed by atoms with van der Waals surface area (Å²) in [5.41, 5.74) is 5.80. The van der Waals surface area contributed by atoms with Crippen LogP contribution in [0.1, 0.15) is 17.3 Å². The summed E-state index contributed by atoms with van der Waals surface area (Å²) in [4.78, 5) is 1.09. The van der Waals surface area contributed by atoms with E-state index in [-0.39, 0.29) is 12.6 Å². The van der Waals surface area contributed by atoms with Crippen LogP contribution in [0.25, 0.3) is 0 Å². The largest absolute Gasteiger partial charge is 0.396 e. The molecule has 0 saturated heterocycles. The maximum atomic E-state index is 8.68. The monoisotopic (exact) mass is 313 g/mol. The van der Waals surface area contributed by atoms with Crippen LogP contribution in [-0.4, -0.2) is 11.7 Å². The van der Waals surface area contributed by atoms with Gasteiger partial charge in [0.1, 0.15) is 0 Å². The Labute approximate surface area is 92.0 Å². The summed E-state index contributed by atoms with van der Waals surface area (Å²) in [6.45, 7) is 0.133. The molecule has 0 aliphatic carbocycles. The number of hydrogen-bond donors (Lipinski definition) is 2. The molecule has 0 fully saturated rings. The first-order valence-electron chi connectivity index (χ1n) is 3.46. The van der Waals surface area contributed by atoms with Gasteiger partial charge in [0.05, 0.1) is 3.79 Å². The summed E-state index contributed by atoms with van der Waals surface area (Å²) in [5, 5.41) is 8.68. The summed E-state index contributed by atoms with van der Waals surface area (Å²) in [7, 11) is 0. The minimum absolute atomic E-state index is 0.0531. The van der Waals surface area contributed by atoms with Crippen LogP contribution in [-0.2, 0) is 0 Å². The molecule has 0 aliphatic heterocycles. The molecule has 0 radical (unpaired) electrons. The zero-order valence-electron chi connectivity index (χ0n) is 6.26. The van der Waals surface area contributed by atoms with E-state index in [1.54, 1.807) is 11.3 Å². The van der Waals surface area contributed by atoms with Crippen LogP contribution in [0.15, 0.2) is 14.3 Å². The van der Waals surface area contributed by atoms with E-state index in [2.05, 4.69) is 31.9 Å². The highest BCUT2D eigenvalue weighted by Gasteiger charge is 2.10. The predicted octanol–water partition coefficient (Wildman–Crippen LogP) is 2.66. The topological polar surface area (TPSA) is 46.2 Å². The van der Waals surface area contributed by atoms with Crippen LogP contribution < -0.4 is 5.73 Å². The third-order valence-corrected chi connectivity index (χ3v) is 4.86. The van der Waals surface area contributed by atoms with Gasteiger partial charge < -0.3 is 10.8 Å². The molecule has 1 heterocycles. The molecule has 68 valence electrons. The van der Waals surface area contributed by atoms with Crippen molar-refractivity contribution in [2.24, 2.45) is 5.73 Å². The first-order chi connectivity index (χ1) is 5.65. The zero-order chi connectivity index (χ0) is 9.14. The van der Waals surface area contributed by atoms with E-state index in [9.17, 15) is 0 Å². The van der Waals surface area contributed by atoms with Crippen LogP contribution >= 0.6 is 43.2 Å². The maximum Gasteiger partial charge on any atom is 0.0843 e. The number of hydrogen-bond acceptors (Lipinski definition) is 3. The normalized spacial score (nSPS) is 13.3. The van der Waals surface area contributed by atoms with E-state index in [4.69, 9.17) is 10.8 Å². The third-order valence-electron chi connectivity index (χ3n) is 1.47. The Kier molecular flexibility index (Phi) is 4.19. The van der Waals surface area contributed by atoms with Crippen LogP contribution in [0.3, 0.4) is 0 Å². The predicted molar refractivity (Wildman–Crippen MR) is 58.4 cm³/mol. The lowest BCUT2D eigenvalue weighted by Gasteiger charge is -2.05. The molecule has 0 spiro atoms. The second-order valence-corrected chi connectivity index (χ2v) is 5.65. The Morgan fingerprint density at radius 2 is 2.25 bits per heavy atom. The van der Waals surface area contributed by atoms with Crippen molar-refractivity contribution in [1.29, 1.82) is 0 Å². The van der Waals surface area contributed by atoms with Crippen molar-refractivity contribution in [1.82, 2.24) is 0 Å². The fourth-order valence-electron chi connectivity index (χ4n) is 0.827. The summed E-state index contributed by atoms with van der Waals surface area (Å²) < 4.78 is 2.07. The molecule has 1 atom stereocenters. The van der Waals surface area contributed by atoms with Crippen molar-refractivity contribution in [3.8, 4) is 0 Å². The van der Waals surface area contributed by atoms with E-state index in [1.165, 1.54) is 0 Å². The smallest absolute Gasteiger partial charge is 0.0843 e. The van der Waals surface area contributed by atoms with E-state index in [0.29, 0.717) is 6.42 Å². The van der Waals surface area contributed by atoms with Gasteiger partial charge in [-0.3, -0.25) is 0 Å². The first-order valence-corrected chi connectivity index (χ1v) is 5.86. The van der Waals surface area contributed by atoms with Gasteiger partial charge in [0.25, 0.3) is 0 Å². The Hall–Kier alpha value is 0.580. The molecule has 0 bridgehead atoms. The highest BCUT2D eigenvalue weighted by molar-refractivity contribution is 9.13. The molecule has 0 aliphatic rings. The molecular weight excluding hydrogens is 306 g/mol. The van der Waals surface area contributed by atoms with E-state index in [0.717, 1.165) is 13.1 Å². The Balaban J connectivity index is 2.74. The minimum Gasteiger partial charge on any atom is -0.396 e. The fourth-order valence-corrected chi connectivity index (χ4v) is 2.95. The lowest BCUT2D eigenvalue weighted by Crippen LogP contribution is -2.09. The molecule has 3 N–H and O–H groups in total. The number of rotatable bonds is 3. The molecule has 12 heavy (non-hydrogen) atoms. The second-order valence-electron chi connectivity index (χ2n) is 2.39. The van der Waals surface area contributed by atoms with E-state index in [1.807, 2.05) is 6.07 Å². The van der Waals surface area contributed by atoms with Crippen molar-refractivity contribution in [3.63, 3.8) is 0 Å². The van der Waals surface area contributed by atoms with Crippen molar-refractivity contribution in [2.45, 2.75) is 12.5 Å². The Morgan fingerprint density at radius 1 is 1.58 bits per heavy atom. The summed E-state index contributed by atoms with van der Waals surface area (Å²) >= 11 is 8.37. The average molecular weight is 315 g/mol. The molecule has 0 unspecified atom stereocenters. The van der Waals surface area contributed by atoms with Gasteiger partial charge in [-0.1, -0.05) is 0 Å². The third kappa shape index (κ3) is 2.53. The lowest BCUT2D eigenvalue weighted by molar-refractivity contribution is 0.277. The van der Waals surface area contributed by atoms with Crippen LogP contribution in [0.2, 0.25) is 0 Å². The molecule has 0 aromatic carbocycles. The second kappa shape index (κ2) is 4.72. The Morgan fingerprint density at radius 3 is 2.67 bits per heavy atom. The molecule has 1 aromatic heterocycles. The van der Waals surface area contributed by atoms with Gasteiger partial charge in [0.2, 0.25) is 0 Å². The highest BCUT2D eigenvalue weighted by Crippen LogP contribution is 2.35. The van der Waals surface area contributed by atoms with Crippen LogP contribution in [0.5, 0.6) is 0 Å². The number of thiophene rings is 1. The molecule has 1 rings (SSSR count). The molecule has 5 heteroatoms. The molecular formula is C7H9Br2NOS. The lowest BCUT2D eigenvalue weighted by atomic mass is 10.2. The van der Waals surface area contributed by atoms with Crippen molar-refractivity contribution in [2.75, 3.05) is 6.61 Å². The van der Waals surface area contributed by atoms with Gasteiger partial charge in [-0.25, -0.2) is 0 Å². The number of aliphatic hydroxyl groups is 1. The van der Waals surface area contributed by atoms with Gasteiger partial charge in [-0.05, 0) is 44.3 Å². The standard InChI is InChI=1S/C7H9Br2NOS/c8-4-3-6(12-7(4)9)5(10)1-2-11/h3,5,11H,1-2,10H2/t5-/m1/s1. The van der Waals surface area contributed by atoms with Gasteiger partial charge in [-0.15, -0.1) is 11.3 Å². The number of aliphatic hydroxyl groups excluding tert-OH is 1. The minimum atomic E-state index is -0.0531. The van der Waals surface area contributed by atoms with Crippen LogP contribution in [0, 0.1) is 0 Å². The maximum absolute atomic E-state index is 8.68. The Bertz CT molecular complexity index is 244. The SMILES string of the molecule is N[C@H](CCO)c1cc(Br)c(Br)s1. The quantitative estimate of drug-likeness (QED) is 0.901. The zero-order valence-corrected chi connectivity index (χ0v) is 10.2. The summed E-state index contributed by atoms with van der Waals surface area (Å²) in [6, 6.07) is 1.93. The van der Waals surface area contributed by atoms with Crippen LogP contribution in [0.4, 0.5) is 0 Å². The van der Waals surface area contributed by atoms with E-state index < -0.39 is 0 Å². The molecule has 1 aromatic rings. The van der Waals surface area contributed by atoms with Gasteiger partial charge in [-0.2, -0.15) is 0 Å². The number of halogens is 2. The summed E-state index contributed by atoms with van der Waals surface area (Å²) in [6.07, 6.45) is 0.611. The first kappa shape index (κ1) is 10.7. The average Bonchev–Trinajstić information content (AvgIpc) is 2.33. The number of nitrogens with two attached hydrogens (primary N) is 1. The molecule has 2 nitrogen and oxygen atoms in total. The molecule has 0 saturated carbocycles. The van der Waals surface area contributed by atoms with E-state index >= 15 is 0 Å². The highest BCUT2D eigenvalue weighted by atomic mass is 79.9. The van der Waals surface area contributed by atoms with Gasteiger partial charge >= 0.3 is 0 Å².